The Labute approximate surface area is 178 Å². The summed E-state index contributed by atoms with van der Waals surface area (Å²) < 4.78 is 0. The van der Waals surface area contributed by atoms with Crippen LogP contribution in [-0.4, -0.2) is 23.6 Å². The number of amides is 2. The van der Waals surface area contributed by atoms with Gasteiger partial charge in [0.15, 0.2) is 5.78 Å². The fourth-order valence-corrected chi connectivity index (χ4v) is 4.08. The predicted octanol–water partition coefficient (Wildman–Crippen LogP) is 3.79. The average molecular weight is 407 g/mol. The van der Waals surface area contributed by atoms with Crippen LogP contribution in [0.1, 0.15) is 66.4 Å². The molecule has 0 heterocycles. The maximum absolute atomic E-state index is 12.5. The predicted molar refractivity (Wildman–Crippen MR) is 117 cm³/mol. The number of rotatable bonds is 9. The quantitative estimate of drug-likeness (QED) is 0.621. The fraction of sp³-hybridized carbons (Fsp3) is 0.400. The Kier molecular flexibility index (Phi) is 7.77. The molecular weight excluding hydrogens is 376 g/mol. The first-order valence-corrected chi connectivity index (χ1v) is 10.8. The van der Waals surface area contributed by atoms with Gasteiger partial charge in [-0.1, -0.05) is 86.7 Å². The Hall–Kier alpha value is -2.95. The summed E-state index contributed by atoms with van der Waals surface area (Å²) in [6, 6.07) is 15.4. The fourth-order valence-electron chi connectivity index (χ4n) is 4.08. The molecule has 2 amide bonds. The summed E-state index contributed by atoms with van der Waals surface area (Å²) in [6.45, 7) is 0. The van der Waals surface area contributed by atoms with Gasteiger partial charge in [-0.2, -0.15) is 0 Å². The lowest BCUT2D eigenvalue weighted by molar-refractivity contribution is -0.127. The molecule has 30 heavy (non-hydrogen) atoms. The number of primary amides is 1. The minimum absolute atomic E-state index is 0.0513. The van der Waals surface area contributed by atoms with E-state index in [0.29, 0.717) is 29.9 Å². The van der Waals surface area contributed by atoms with Crippen molar-refractivity contribution < 1.29 is 14.4 Å². The van der Waals surface area contributed by atoms with Crippen molar-refractivity contribution in [3.8, 4) is 0 Å². The van der Waals surface area contributed by atoms with E-state index >= 15 is 0 Å². The molecule has 0 aromatic heterocycles. The number of nitrogens with two attached hydrogens (primary N) is 1. The van der Waals surface area contributed by atoms with Crippen molar-refractivity contribution in [3.63, 3.8) is 0 Å². The van der Waals surface area contributed by atoms with Gasteiger partial charge in [0.2, 0.25) is 11.8 Å². The van der Waals surface area contributed by atoms with Crippen LogP contribution in [0.15, 0.2) is 54.6 Å². The summed E-state index contributed by atoms with van der Waals surface area (Å²) >= 11 is 0. The molecule has 0 saturated heterocycles. The van der Waals surface area contributed by atoms with E-state index < -0.39 is 11.9 Å². The van der Waals surface area contributed by atoms with Gasteiger partial charge in [0.05, 0.1) is 0 Å². The van der Waals surface area contributed by atoms with E-state index in [-0.39, 0.29) is 11.7 Å². The van der Waals surface area contributed by atoms with E-state index in [9.17, 15) is 14.4 Å². The van der Waals surface area contributed by atoms with E-state index in [1.165, 1.54) is 32.1 Å². The molecule has 1 saturated carbocycles. The third-order valence-electron chi connectivity index (χ3n) is 5.87. The molecule has 0 spiro atoms. The minimum Gasteiger partial charge on any atom is -0.368 e. The van der Waals surface area contributed by atoms with Crippen LogP contribution in [0.5, 0.6) is 0 Å². The van der Waals surface area contributed by atoms with E-state index in [1.807, 2.05) is 18.2 Å². The number of benzene rings is 2. The molecule has 1 fully saturated rings. The third-order valence-corrected chi connectivity index (χ3v) is 5.87. The van der Waals surface area contributed by atoms with Gasteiger partial charge in [0.1, 0.15) is 6.04 Å². The Morgan fingerprint density at radius 3 is 2.17 bits per heavy atom. The summed E-state index contributed by atoms with van der Waals surface area (Å²) in [6.07, 6.45) is 7.79. The number of carbonyl (C=O) groups is 3. The van der Waals surface area contributed by atoms with Crippen molar-refractivity contribution >= 4 is 17.6 Å². The highest BCUT2D eigenvalue weighted by Gasteiger charge is 2.20. The number of hydrogen-bond donors (Lipinski definition) is 2. The molecule has 0 bridgehead atoms. The molecule has 0 aliphatic heterocycles. The molecule has 1 aliphatic rings. The zero-order valence-electron chi connectivity index (χ0n) is 17.3. The Morgan fingerprint density at radius 2 is 1.53 bits per heavy atom. The number of ketones is 1. The smallest absolute Gasteiger partial charge is 0.240 e. The van der Waals surface area contributed by atoms with Crippen LogP contribution in [0.3, 0.4) is 0 Å². The van der Waals surface area contributed by atoms with Crippen LogP contribution in [0.2, 0.25) is 0 Å². The SMILES string of the molecule is NC(=O)[C@@H](Cc1ccc(C(=O)c2ccccc2)cc1)NC(=O)CCC1CCCCC1. The minimum atomic E-state index is -0.750. The van der Waals surface area contributed by atoms with Gasteiger partial charge < -0.3 is 11.1 Å². The molecule has 1 aliphatic carbocycles. The highest BCUT2D eigenvalue weighted by atomic mass is 16.2. The monoisotopic (exact) mass is 406 g/mol. The first kappa shape index (κ1) is 21.8. The van der Waals surface area contributed by atoms with Crippen molar-refractivity contribution in [3.05, 3.63) is 71.3 Å². The second kappa shape index (κ2) is 10.7. The molecular formula is C25H30N2O3. The largest absolute Gasteiger partial charge is 0.368 e. The highest BCUT2D eigenvalue weighted by molar-refractivity contribution is 6.08. The number of nitrogens with one attached hydrogen (secondary N) is 1. The Balaban J connectivity index is 1.54. The van der Waals surface area contributed by atoms with Crippen molar-refractivity contribution in [2.45, 2.75) is 57.4 Å². The second-order valence-corrected chi connectivity index (χ2v) is 8.16. The first-order valence-electron chi connectivity index (χ1n) is 10.8. The average Bonchev–Trinajstić information content (AvgIpc) is 2.78. The van der Waals surface area contributed by atoms with E-state index in [1.54, 1.807) is 36.4 Å². The molecule has 2 aromatic carbocycles. The molecule has 5 heteroatoms. The van der Waals surface area contributed by atoms with Crippen molar-refractivity contribution in [1.82, 2.24) is 5.32 Å². The van der Waals surface area contributed by atoms with Gasteiger partial charge in [-0.3, -0.25) is 14.4 Å². The molecule has 158 valence electrons. The highest BCUT2D eigenvalue weighted by Crippen LogP contribution is 2.27. The normalized spacial score (nSPS) is 15.3. The molecule has 5 nitrogen and oxygen atoms in total. The van der Waals surface area contributed by atoms with E-state index in [2.05, 4.69) is 5.32 Å². The van der Waals surface area contributed by atoms with E-state index in [4.69, 9.17) is 5.73 Å². The lowest BCUT2D eigenvalue weighted by Gasteiger charge is -2.22. The van der Waals surface area contributed by atoms with E-state index in [0.717, 1.165) is 12.0 Å². The number of hydrogen-bond acceptors (Lipinski definition) is 3. The summed E-state index contributed by atoms with van der Waals surface area (Å²) in [5.74, 6) is -0.110. The maximum atomic E-state index is 12.5. The van der Waals surface area contributed by atoms with Crippen molar-refractivity contribution in [1.29, 1.82) is 0 Å². The molecule has 0 radical (unpaired) electrons. The second-order valence-electron chi connectivity index (χ2n) is 8.16. The lowest BCUT2D eigenvalue weighted by Crippen LogP contribution is -2.45. The van der Waals surface area contributed by atoms with Gasteiger partial charge in [-0.15, -0.1) is 0 Å². The maximum Gasteiger partial charge on any atom is 0.240 e. The topological polar surface area (TPSA) is 89.3 Å². The summed E-state index contributed by atoms with van der Waals surface area (Å²) in [5.41, 5.74) is 7.57. The molecule has 3 rings (SSSR count). The lowest BCUT2D eigenvalue weighted by atomic mass is 9.86. The summed E-state index contributed by atoms with van der Waals surface area (Å²) in [5, 5.41) is 2.79. The molecule has 1 atom stereocenters. The van der Waals surface area contributed by atoms with Crippen molar-refractivity contribution in [2.24, 2.45) is 11.7 Å². The van der Waals surface area contributed by atoms with Gasteiger partial charge >= 0.3 is 0 Å². The first-order chi connectivity index (χ1) is 14.5. The van der Waals surface area contributed by atoms with Gasteiger partial charge in [0.25, 0.3) is 0 Å². The number of carbonyl (C=O) groups excluding carboxylic acids is 3. The Bertz CT molecular complexity index is 856. The van der Waals surface area contributed by atoms with Gasteiger partial charge in [-0.25, -0.2) is 0 Å². The van der Waals surface area contributed by atoms with Crippen molar-refractivity contribution in [2.75, 3.05) is 0 Å². The van der Waals surface area contributed by atoms with Crippen LogP contribution in [0.4, 0.5) is 0 Å². The standard InChI is InChI=1S/C25H30N2O3/c26-25(30)22(27-23(28)16-13-18-7-3-1-4-8-18)17-19-11-14-21(15-12-19)24(29)20-9-5-2-6-10-20/h2,5-6,9-12,14-15,18,22H,1,3-4,7-8,13,16-17H2,(H2,26,30)(H,27,28)/t22-/m1/s1. The van der Waals surface area contributed by atoms with Crippen LogP contribution < -0.4 is 11.1 Å². The van der Waals surface area contributed by atoms with Crippen LogP contribution in [0.25, 0.3) is 0 Å². The Morgan fingerprint density at radius 1 is 0.900 bits per heavy atom. The van der Waals surface area contributed by atoms with Gasteiger partial charge in [0, 0.05) is 24.0 Å². The summed E-state index contributed by atoms with van der Waals surface area (Å²) in [4.78, 5) is 36.7. The van der Waals surface area contributed by atoms with Crippen LogP contribution in [0, 0.1) is 5.92 Å². The van der Waals surface area contributed by atoms with Gasteiger partial charge in [-0.05, 0) is 17.9 Å². The molecule has 0 unspecified atom stereocenters. The van der Waals surface area contributed by atoms with Crippen LogP contribution >= 0.6 is 0 Å². The van der Waals surface area contributed by atoms with Crippen LogP contribution in [-0.2, 0) is 16.0 Å². The molecule has 2 aromatic rings. The third kappa shape index (κ3) is 6.28. The summed E-state index contributed by atoms with van der Waals surface area (Å²) in [7, 11) is 0. The zero-order valence-corrected chi connectivity index (χ0v) is 17.3. The zero-order chi connectivity index (χ0) is 21.3. The molecule has 3 N–H and O–H groups in total.